The molecule has 0 unspecified atom stereocenters. The van der Waals surface area contributed by atoms with Crippen molar-refractivity contribution in [3.8, 4) is 5.69 Å². The summed E-state index contributed by atoms with van der Waals surface area (Å²) in [5.74, 6) is -0.315. The van der Waals surface area contributed by atoms with Crippen LogP contribution in [0.5, 0.6) is 0 Å². The number of hydrogen-bond donors (Lipinski definition) is 1. The minimum atomic E-state index is -0.265. The molecule has 2 fully saturated rings. The van der Waals surface area contributed by atoms with E-state index in [1.165, 1.54) is 31.4 Å². The largest absolute Gasteiger partial charge is 0.346 e. The summed E-state index contributed by atoms with van der Waals surface area (Å²) >= 11 is 0. The number of hydrogen-bond acceptors (Lipinski definition) is 3. The summed E-state index contributed by atoms with van der Waals surface area (Å²) in [4.78, 5) is 15.6. The molecule has 0 saturated carbocycles. The second-order valence-corrected chi connectivity index (χ2v) is 7.98. The van der Waals surface area contributed by atoms with E-state index in [1.807, 2.05) is 4.68 Å². The molecule has 1 aliphatic carbocycles. The summed E-state index contributed by atoms with van der Waals surface area (Å²) in [6, 6.07) is 7.03. The second-order valence-electron chi connectivity index (χ2n) is 7.98. The van der Waals surface area contributed by atoms with Gasteiger partial charge in [0, 0.05) is 29.9 Å². The third kappa shape index (κ3) is 2.96. The highest BCUT2D eigenvalue weighted by molar-refractivity contribution is 5.94. The van der Waals surface area contributed by atoms with Crippen LogP contribution in [0.25, 0.3) is 5.69 Å². The average Bonchev–Trinajstić information content (AvgIpc) is 3.38. The van der Waals surface area contributed by atoms with Gasteiger partial charge in [0.25, 0.3) is 5.91 Å². The molecule has 1 N–H and O–H groups in total. The Hall–Kier alpha value is -2.21. The molecule has 1 aromatic carbocycles. The van der Waals surface area contributed by atoms with Crippen molar-refractivity contribution in [1.29, 1.82) is 0 Å². The maximum Gasteiger partial charge on any atom is 0.272 e. The van der Waals surface area contributed by atoms with E-state index in [0.29, 0.717) is 11.7 Å². The van der Waals surface area contributed by atoms with E-state index in [9.17, 15) is 9.18 Å². The molecule has 1 aromatic heterocycles. The van der Waals surface area contributed by atoms with Crippen LogP contribution in [0.4, 0.5) is 4.39 Å². The molecule has 5 nitrogen and oxygen atoms in total. The van der Waals surface area contributed by atoms with Crippen LogP contribution in [0.3, 0.4) is 0 Å². The van der Waals surface area contributed by atoms with Crippen LogP contribution in [0.2, 0.25) is 0 Å². The lowest BCUT2D eigenvalue weighted by molar-refractivity contribution is 0.0909. The van der Waals surface area contributed by atoms with Crippen molar-refractivity contribution < 1.29 is 9.18 Å². The first-order valence-corrected chi connectivity index (χ1v) is 10.1. The van der Waals surface area contributed by atoms with E-state index in [0.717, 1.165) is 55.7 Å². The Morgan fingerprint density at radius 2 is 1.93 bits per heavy atom. The molecule has 142 valence electrons. The topological polar surface area (TPSA) is 50.2 Å². The molecule has 0 radical (unpaired) electrons. The van der Waals surface area contributed by atoms with Gasteiger partial charge in [-0.2, -0.15) is 5.10 Å². The Labute approximate surface area is 158 Å². The molecule has 3 aliphatic rings. The summed E-state index contributed by atoms with van der Waals surface area (Å²) in [5, 5.41) is 7.93. The predicted octanol–water partition coefficient (Wildman–Crippen LogP) is 2.86. The first-order valence-electron chi connectivity index (χ1n) is 10.1. The smallest absolute Gasteiger partial charge is 0.272 e. The van der Waals surface area contributed by atoms with E-state index >= 15 is 0 Å². The van der Waals surface area contributed by atoms with Gasteiger partial charge >= 0.3 is 0 Å². The van der Waals surface area contributed by atoms with Crippen molar-refractivity contribution in [2.75, 3.05) is 13.1 Å². The number of halogens is 1. The average molecular weight is 368 g/mol. The number of fused-ring (bicyclic) bond motifs is 2. The SMILES string of the molecule is O=C(N[C@H]1CCN2CCCC[C@H]12)c1nn(-c2ccc(F)cc2)c2c1CCC2. The number of carbonyl (C=O) groups is 1. The van der Waals surface area contributed by atoms with Crippen molar-refractivity contribution >= 4 is 5.91 Å². The van der Waals surface area contributed by atoms with Gasteiger partial charge in [-0.25, -0.2) is 9.07 Å². The number of carbonyl (C=O) groups excluding carboxylic acids is 1. The number of piperidine rings is 1. The maximum absolute atomic E-state index is 13.3. The van der Waals surface area contributed by atoms with E-state index in [2.05, 4.69) is 15.3 Å². The molecule has 27 heavy (non-hydrogen) atoms. The summed E-state index contributed by atoms with van der Waals surface area (Å²) in [5.41, 5.74) is 3.53. The summed E-state index contributed by atoms with van der Waals surface area (Å²) in [7, 11) is 0. The Kier molecular flexibility index (Phi) is 4.23. The standard InChI is InChI=1S/C21H25FN4O/c22-14-7-9-15(10-8-14)26-18-6-3-4-16(18)20(24-26)21(27)23-17-11-13-25-12-2-1-5-19(17)25/h7-10,17,19H,1-6,11-13H2,(H,23,27)/t17-,19+/m0/s1. The molecule has 2 atom stereocenters. The lowest BCUT2D eigenvalue weighted by Crippen LogP contribution is -2.47. The van der Waals surface area contributed by atoms with E-state index < -0.39 is 0 Å². The molecule has 6 heteroatoms. The van der Waals surface area contributed by atoms with Crippen molar-refractivity contribution in [2.45, 2.75) is 57.0 Å². The Balaban J connectivity index is 1.41. The van der Waals surface area contributed by atoms with Crippen LogP contribution in [0, 0.1) is 5.82 Å². The highest BCUT2D eigenvalue weighted by Gasteiger charge is 2.37. The molecular formula is C21H25FN4O. The van der Waals surface area contributed by atoms with Gasteiger partial charge in [0.2, 0.25) is 0 Å². The van der Waals surface area contributed by atoms with Gasteiger partial charge in [-0.1, -0.05) is 6.42 Å². The van der Waals surface area contributed by atoms with Crippen LogP contribution >= 0.6 is 0 Å². The molecular weight excluding hydrogens is 343 g/mol. The zero-order valence-electron chi connectivity index (χ0n) is 15.5. The van der Waals surface area contributed by atoms with Gasteiger partial charge in [-0.05, 0) is 69.3 Å². The van der Waals surface area contributed by atoms with Gasteiger partial charge in [0.05, 0.1) is 5.69 Å². The third-order valence-corrected chi connectivity index (χ3v) is 6.39. The van der Waals surface area contributed by atoms with Gasteiger partial charge in [0.1, 0.15) is 5.82 Å². The molecule has 0 bridgehead atoms. The fourth-order valence-corrected chi connectivity index (χ4v) is 5.07. The quantitative estimate of drug-likeness (QED) is 0.906. The number of nitrogens with one attached hydrogen (secondary N) is 1. The van der Waals surface area contributed by atoms with Gasteiger partial charge in [-0.3, -0.25) is 9.69 Å². The number of aromatic nitrogens is 2. The first-order chi connectivity index (χ1) is 13.2. The highest BCUT2D eigenvalue weighted by Crippen LogP contribution is 2.30. The molecule has 2 saturated heterocycles. The maximum atomic E-state index is 13.3. The fourth-order valence-electron chi connectivity index (χ4n) is 5.07. The summed E-state index contributed by atoms with van der Waals surface area (Å²) < 4.78 is 15.1. The Morgan fingerprint density at radius 3 is 2.78 bits per heavy atom. The Bertz CT molecular complexity index is 860. The van der Waals surface area contributed by atoms with Crippen LogP contribution < -0.4 is 5.32 Å². The van der Waals surface area contributed by atoms with Crippen molar-refractivity contribution in [3.63, 3.8) is 0 Å². The van der Waals surface area contributed by atoms with Crippen molar-refractivity contribution in [3.05, 3.63) is 47.0 Å². The van der Waals surface area contributed by atoms with Gasteiger partial charge in [-0.15, -0.1) is 0 Å². The highest BCUT2D eigenvalue weighted by atomic mass is 19.1. The van der Waals surface area contributed by atoms with Crippen LogP contribution in [0.15, 0.2) is 24.3 Å². The zero-order valence-corrected chi connectivity index (χ0v) is 15.5. The molecule has 5 rings (SSSR count). The third-order valence-electron chi connectivity index (χ3n) is 6.39. The van der Waals surface area contributed by atoms with Gasteiger partial charge in [0.15, 0.2) is 5.69 Å². The lowest BCUT2D eigenvalue weighted by atomic mass is 9.99. The molecule has 1 amide bonds. The van der Waals surface area contributed by atoms with Crippen LogP contribution in [0.1, 0.15) is 53.8 Å². The molecule has 0 spiro atoms. The minimum absolute atomic E-state index is 0.0496. The number of amides is 1. The van der Waals surface area contributed by atoms with Crippen molar-refractivity contribution in [1.82, 2.24) is 20.0 Å². The minimum Gasteiger partial charge on any atom is -0.346 e. The number of benzene rings is 1. The van der Waals surface area contributed by atoms with Crippen molar-refractivity contribution in [2.24, 2.45) is 0 Å². The second kappa shape index (κ2) is 6.75. The Morgan fingerprint density at radius 1 is 1.07 bits per heavy atom. The monoisotopic (exact) mass is 368 g/mol. The predicted molar refractivity (Wildman–Crippen MR) is 101 cm³/mol. The number of rotatable bonds is 3. The van der Waals surface area contributed by atoms with Crippen LogP contribution in [-0.4, -0.2) is 45.8 Å². The number of nitrogens with zero attached hydrogens (tertiary/aromatic N) is 3. The van der Waals surface area contributed by atoms with Crippen LogP contribution in [-0.2, 0) is 12.8 Å². The van der Waals surface area contributed by atoms with E-state index in [4.69, 9.17) is 0 Å². The molecule has 2 aliphatic heterocycles. The van der Waals surface area contributed by atoms with E-state index in [-0.39, 0.29) is 17.8 Å². The fraction of sp³-hybridized carbons (Fsp3) is 0.524. The zero-order chi connectivity index (χ0) is 18.4. The van der Waals surface area contributed by atoms with Gasteiger partial charge < -0.3 is 5.32 Å². The van der Waals surface area contributed by atoms with E-state index in [1.54, 1.807) is 12.1 Å². The first kappa shape index (κ1) is 16.9. The normalized spacial score (nSPS) is 24.6. The molecule has 3 heterocycles. The lowest BCUT2D eigenvalue weighted by Gasteiger charge is -2.32. The summed E-state index contributed by atoms with van der Waals surface area (Å²) in [6.45, 7) is 2.24. The summed E-state index contributed by atoms with van der Waals surface area (Å²) in [6.07, 6.45) is 7.56. The molecule has 2 aromatic rings.